The van der Waals surface area contributed by atoms with Crippen LogP contribution >= 0.6 is 0 Å². The smallest absolute Gasteiger partial charge is 0.335 e. The maximum absolute atomic E-state index is 11.6. The summed E-state index contributed by atoms with van der Waals surface area (Å²) in [7, 11) is 0. The predicted octanol–water partition coefficient (Wildman–Crippen LogP) is 1.04. The van der Waals surface area contributed by atoms with Gasteiger partial charge in [-0.2, -0.15) is 0 Å². The van der Waals surface area contributed by atoms with Gasteiger partial charge in [0, 0.05) is 12.4 Å². The second kappa shape index (κ2) is 5.13. The third-order valence-corrected chi connectivity index (χ3v) is 2.34. The second-order valence-corrected chi connectivity index (χ2v) is 3.61. The van der Waals surface area contributed by atoms with E-state index in [1.165, 1.54) is 18.3 Å². The molecular formula is C12H11N3O3. The average molecular weight is 245 g/mol. The van der Waals surface area contributed by atoms with Gasteiger partial charge in [0.1, 0.15) is 5.69 Å². The summed E-state index contributed by atoms with van der Waals surface area (Å²) in [6, 6.07) is 6.20. The van der Waals surface area contributed by atoms with Gasteiger partial charge < -0.3 is 15.4 Å². The van der Waals surface area contributed by atoms with Crippen LogP contribution in [-0.4, -0.2) is 27.0 Å². The van der Waals surface area contributed by atoms with Crippen molar-refractivity contribution in [1.82, 2.24) is 15.3 Å². The fraction of sp³-hybridized carbons (Fsp3) is 0.0833. The minimum absolute atomic E-state index is 0.147. The van der Waals surface area contributed by atoms with E-state index >= 15 is 0 Å². The number of carboxylic acids is 1. The summed E-state index contributed by atoms with van der Waals surface area (Å²) >= 11 is 0. The van der Waals surface area contributed by atoms with Crippen LogP contribution in [0.1, 0.15) is 26.5 Å². The molecule has 2 heterocycles. The lowest BCUT2D eigenvalue weighted by molar-refractivity contribution is 0.0696. The molecule has 92 valence electrons. The summed E-state index contributed by atoms with van der Waals surface area (Å²) in [6.45, 7) is 0.180. The van der Waals surface area contributed by atoms with E-state index in [9.17, 15) is 9.59 Å². The molecule has 2 aromatic rings. The highest BCUT2D eigenvalue weighted by atomic mass is 16.4. The molecule has 3 N–H and O–H groups in total. The number of hydrogen-bond acceptors (Lipinski definition) is 3. The number of H-pyrrole nitrogens is 1. The Morgan fingerprint density at radius 2 is 2.22 bits per heavy atom. The van der Waals surface area contributed by atoms with Gasteiger partial charge in [-0.05, 0) is 24.3 Å². The van der Waals surface area contributed by atoms with E-state index in [4.69, 9.17) is 5.11 Å². The third kappa shape index (κ3) is 2.73. The van der Waals surface area contributed by atoms with Crippen molar-refractivity contribution in [2.24, 2.45) is 0 Å². The number of nitrogens with zero attached hydrogens (tertiary/aromatic N) is 1. The number of carbonyl (C=O) groups excluding carboxylic acids is 1. The molecule has 0 bridgehead atoms. The van der Waals surface area contributed by atoms with Crippen LogP contribution in [0.25, 0.3) is 0 Å². The van der Waals surface area contributed by atoms with Gasteiger partial charge in [0.05, 0.1) is 17.8 Å². The Kier molecular flexibility index (Phi) is 3.38. The summed E-state index contributed by atoms with van der Waals surface area (Å²) in [5, 5.41) is 11.5. The summed E-state index contributed by atoms with van der Waals surface area (Å²) < 4.78 is 0. The van der Waals surface area contributed by atoms with Crippen molar-refractivity contribution in [3.8, 4) is 0 Å². The highest BCUT2D eigenvalue weighted by molar-refractivity contribution is 5.92. The van der Waals surface area contributed by atoms with Crippen molar-refractivity contribution >= 4 is 11.9 Å². The fourth-order valence-electron chi connectivity index (χ4n) is 1.45. The molecule has 0 atom stereocenters. The van der Waals surface area contributed by atoms with Gasteiger partial charge in [-0.15, -0.1) is 0 Å². The monoisotopic (exact) mass is 245 g/mol. The quantitative estimate of drug-likeness (QED) is 0.749. The van der Waals surface area contributed by atoms with E-state index < -0.39 is 5.97 Å². The summed E-state index contributed by atoms with van der Waals surface area (Å²) in [5.41, 5.74) is 1.09. The van der Waals surface area contributed by atoms with Crippen LogP contribution in [0.4, 0.5) is 0 Å². The molecule has 0 fully saturated rings. The van der Waals surface area contributed by atoms with E-state index in [-0.39, 0.29) is 18.0 Å². The van der Waals surface area contributed by atoms with Gasteiger partial charge in [0.25, 0.3) is 5.91 Å². The van der Waals surface area contributed by atoms with E-state index in [1.54, 1.807) is 18.3 Å². The topological polar surface area (TPSA) is 95.1 Å². The first-order valence-corrected chi connectivity index (χ1v) is 5.26. The number of aromatic nitrogens is 2. The highest BCUT2D eigenvalue weighted by Crippen LogP contribution is 2.02. The molecule has 6 nitrogen and oxygen atoms in total. The lowest BCUT2D eigenvalue weighted by Gasteiger charge is -2.04. The van der Waals surface area contributed by atoms with E-state index in [0.29, 0.717) is 11.4 Å². The molecule has 0 saturated heterocycles. The maximum Gasteiger partial charge on any atom is 0.335 e. The van der Waals surface area contributed by atoms with Crippen LogP contribution in [0.5, 0.6) is 0 Å². The number of carboxylic acid groups (broad SMARTS) is 1. The Labute approximate surface area is 103 Å². The molecule has 0 radical (unpaired) electrons. The number of nitrogens with one attached hydrogen (secondary N) is 2. The zero-order valence-corrected chi connectivity index (χ0v) is 9.38. The minimum Gasteiger partial charge on any atom is -0.478 e. The molecule has 18 heavy (non-hydrogen) atoms. The van der Waals surface area contributed by atoms with Gasteiger partial charge in [-0.25, -0.2) is 4.79 Å². The molecule has 0 spiro atoms. The molecule has 0 aliphatic rings. The normalized spacial score (nSPS) is 10.0. The van der Waals surface area contributed by atoms with E-state index in [1.807, 2.05) is 0 Å². The number of rotatable bonds is 4. The Morgan fingerprint density at radius 3 is 2.89 bits per heavy atom. The number of aromatic carboxylic acids is 1. The number of carbonyl (C=O) groups is 2. The summed E-state index contributed by atoms with van der Waals surface area (Å²) in [5.74, 6) is -1.28. The molecule has 0 aromatic carbocycles. The Morgan fingerprint density at radius 1 is 1.39 bits per heavy atom. The number of hydrogen-bond donors (Lipinski definition) is 3. The SMILES string of the molecule is O=C(O)c1ccnc(CNC(=O)c2ccc[nH]2)c1. The average Bonchev–Trinajstić information content (AvgIpc) is 2.90. The molecule has 0 saturated carbocycles. The number of aromatic amines is 1. The lowest BCUT2D eigenvalue weighted by atomic mass is 10.2. The van der Waals surface area contributed by atoms with Crippen molar-refractivity contribution in [1.29, 1.82) is 0 Å². The largest absolute Gasteiger partial charge is 0.478 e. The zero-order chi connectivity index (χ0) is 13.0. The first kappa shape index (κ1) is 11.8. The van der Waals surface area contributed by atoms with Crippen LogP contribution in [0.15, 0.2) is 36.7 Å². The fourth-order valence-corrected chi connectivity index (χ4v) is 1.45. The van der Waals surface area contributed by atoms with E-state index in [2.05, 4.69) is 15.3 Å². The molecule has 0 aliphatic carbocycles. The van der Waals surface area contributed by atoms with Crippen molar-refractivity contribution in [2.75, 3.05) is 0 Å². The molecule has 0 unspecified atom stereocenters. The van der Waals surface area contributed by atoms with Crippen LogP contribution in [0, 0.1) is 0 Å². The van der Waals surface area contributed by atoms with Crippen molar-refractivity contribution in [3.05, 3.63) is 53.6 Å². The number of pyridine rings is 1. The lowest BCUT2D eigenvalue weighted by Crippen LogP contribution is -2.23. The Hall–Kier alpha value is -2.63. The first-order chi connectivity index (χ1) is 8.66. The highest BCUT2D eigenvalue weighted by Gasteiger charge is 2.07. The molecule has 2 aromatic heterocycles. The standard InChI is InChI=1S/C12H11N3O3/c16-11(10-2-1-4-14-10)15-7-9-6-8(12(17)18)3-5-13-9/h1-6,14H,7H2,(H,15,16)(H,17,18). The Balaban J connectivity index is 2.00. The summed E-state index contributed by atoms with van der Waals surface area (Å²) in [6.07, 6.45) is 3.05. The first-order valence-electron chi connectivity index (χ1n) is 5.26. The molecule has 2 rings (SSSR count). The van der Waals surface area contributed by atoms with Gasteiger partial charge in [-0.3, -0.25) is 9.78 Å². The molecular weight excluding hydrogens is 234 g/mol. The maximum atomic E-state index is 11.6. The van der Waals surface area contributed by atoms with Crippen LogP contribution < -0.4 is 5.32 Å². The van der Waals surface area contributed by atoms with Gasteiger partial charge in [-0.1, -0.05) is 0 Å². The number of amides is 1. The summed E-state index contributed by atoms with van der Waals surface area (Å²) in [4.78, 5) is 29.1. The van der Waals surface area contributed by atoms with Gasteiger partial charge in [0.2, 0.25) is 0 Å². The molecule has 1 amide bonds. The predicted molar refractivity (Wildman–Crippen MR) is 63.2 cm³/mol. The molecule has 6 heteroatoms. The van der Waals surface area contributed by atoms with Crippen LogP contribution in [0.3, 0.4) is 0 Å². The van der Waals surface area contributed by atoms with Gasteiger partial charge in [0.15, 0.2) is 0 Å². The van der Waals surface area contributed by atoms with Gasteiger partial charge >= 0.3 is 5.97 Å². The molecule has 0 aliphatic heterocycles. The second-order valence-electron chi connectivity index (χ2n) is 3.61. The minimum atomic E-state index is -1.02. The van der Waals surface area contributed by atoms with Crippen molar-refractivity contribution in [3.63, 3.8) is 0 Å². The van der Waals surface area contributed by atoms with Crippen molar-refractivity contribution < 1.29 is 14.7 Å². The van der Waals surface area contributed by atoms with E-state index in [0.717, 1.165) is 0 Å². The van der Waals surface area contributed by atoms with Crippen LogP contribution in [-0.2, 0) is 6.54 Å². The third-order valence-electron chi connectivity index (χ3n) is 2.34. The zero-order valence-electron chi connectivity index (χ0n) is 9.38. The van der Waals surface area contributed by atoms with Crippen molar-refractivity contribution in [2.45, 2.75) is 6.54 Å². The Bertz CT molecular complexity index is 564. The van der Waals surface area contributed by atoms with Crippen LogP contribution in [0.2, 0.25) is 0 Å².